The van der Waals surface area contributed by atoms with E-state index < -0.39 is 0 Å². The molecule has 7 nitrogen and oxygen atoms in total. The molecule has 0 radical (unpaired) electrons. The Morgan fingerprint density at radius 3 is 2.83 bits per heavy atom. The van der Waals surface area contributed by atoms with Crippen LogP contribution in [-0.4, -0.2) is 43.6 Å². The highest BCUT2D eigenvalue weighted by molar-refractivity contribution is 5.94. The molecule has 1 saturated heterocycles. The van der Waals surface area contributed by atoms with Crippen molar-refractivity contribution in [1.82, 2.24) is 24.6 Å². The van der Waals surface area contributed by atoms with E-state index in [0.29, 0.717) is 30.4 Å². The van der Waals surface area contributed by atoms with Gasteiger partial charge in [-0.3, -0.25) is 4.79 Å². The summed E-state index contributed by atoms with van der Waals surface area (Å²) >= 11 is 0. The van der Waals surface area contributed by atoms with Crippen LogP contribution in [0.5, 0.6) is 0 Å². The largest absolute Gasteiger partial charge is 0.419 e. The van der Waals surface area contributed by atoms with E-state index in [1.807, 2.05) is 46.8 Å². The molecule has 0 spiro atoms. The first kappa shape index (κ1) is 14.6. The molecular weight excluding hydrogens is 306 g/mol. The van der Waals surface area contributed by atoms with Crippen molar-refractivity contribution in [1.29, 1.82) is 0 Å². The Hall–Kier alpha value is -2.96. The number of aryl methyl sites for hydroxylation is 1. The van der Waals surface area contributed by atoms with E-state index >= 15 is 0 Å². The Morgan fingerprint density at radius 2 is 2.08 bits per heavy atom. The van der Waals surface area contributed by atoms with Crippen molar-refractivity contribution in [3.05, 3.63) is 54.3 Å². The van der Waals surface area contributed by atoms with Crippen molar-refractivity contribution in [2.75, 3.05) is 13.1 Å². The van der Waals surface area contributed by atoms with Gasteiger partial charge >= 0.3 is 0 Å². The number of amides is 1. The van der Waals surface area contributed by atoms with Gasteiger partial charge in [0.15, 0.2) is 0 Å². The minimum absolute atomic E-state index is 0.0458. The molecule has 1 aliphatic heterocycles. The molecule has 24 heavy (non-hydrogen) atoms. The van der Waals surface area contributed by atoms with Gasteiger partial charge in [0.25, 0.3) is 11.8 Å². The summed E-state index contributed by atoms with van der Waals surface area (Å²) in [7, 11) is 1.88. The fraction of sp³-hybridized carbons (Fsp3) is 0.294. The van der Waals surface area contributed by atoms with Crippen molar-refractivity contribution >= 4 is 5.91 Å². The van der Waals surface area contributed by atoms with E-state index in [9.17, 15) is 4.79 Å². The van der Waals surface area contributed by atoms with Crippen molar-refractivity contribution in [2.45, 2.75) is 12.3 Å². The number of imidazole rings is 1. The van der Waals surface area contributed by atoms with Crippen molar-refractivity contribution in [3.8, 4) is 11.6 Å². The SMILES string of the molecule is Cn1cncc1-c1nnc([C@H]2CCN(C(=O)c3ccccc3)C2)o1. The van der Waals surface area contributed by atoms with Crippen LogP contribution in [-0.2, 0) is 7.05 Å². The third-order valence-electron chi connectivity index (χ3n) is 4.32. The molecule has 0 aliphatic carbocycles. The molecule has 0 bridgehead atoms. The number of rotatable bonds is 3. The third kappa shape index (κ3) is 2.58. The number of aromatic nitrogens is 4. The minimum atomic E-state index is 0.0458. The monoisotopic (exact) mass is 323 g/mol. The van der Waals surface area contributed by atoms with E-state index in [1.54, 1.807) is 12.5 Å². The highest BCUT2D eigenvalue weighted by atomic mass is 16.4. The van der Waals surface area contributed by atoms with Crippen LogP contribution in [0.4, 0.5) is 0 Å². The molecule has 0 N–H and O–H groups in total. The lowest BCUT2D eigenvalue weighted by molar-refractivity contribution is 0.0790. The van der Waals surface area contributed by atoms with Crippen LogP contribution in [0.15, 0.2) is 47.3 Å². The third-order valence-corrected chi connectivity index (χ3v) is 4.32. The van der Waals surface area contributed by atoms with Crippen LogP contribution < -0.4 is 0 Å². The van der Waals surface area contributed by atoms with Crippen molar-refractivity contribution < 1.29 is 9.21 Å². The zero-order valence-electron chi connectivity index (χ0n) is 13.3. The Balaban J connectivity index is 1.49. The predicted molar refractivity (Wildman–Crippen MR) is 86.2 cm³/mol. The van der Waals surface area contributed by atoms with Gasteiger partial charge < -0.3 is 13.9 Å². The molecule has 1 aliphatic rings. The summed E-state index contributed by atoms with van der Waals surface area (Å²) in [4.78, 5) is 18.4. The number of hydrogen-bond donors (Lipinski definition) is 0. The first-order valence-corrected chi connectivity index (χ1v) is 7.87. The predicted octanol–water partition coefficient (Wildman–Crippen LogP) is 2.10. The molecule has 3 aromatic rings. The molecule has 4 rings (SSSR count). The van der Waals surface area contributed by atoms with Gasteiger partial charge in [-0.25, -0.2) is 4.98 Å². The molecule has 1 fully saturated rings. The fourth-order valence-corrected chi connectivity index (χ4v) is 2.98. The van der Waals surface area contributed by atoms with E-state index in [0.717, 1.165) is 12.1 Å². The summed E-state index contributed by atoms with van der Waals surface area (Å²) < 4.78 is 7.64. The molecular formula is C17H17N5O2. The molecule has 7 heteroatoms. The second-order valence-corrected chi connectivity index (χ2v) is 5.94. The van der Waals surface area contributed by atoms with Gasteiger partial charge in [0.2, 0.25) is 5.89 Å². The number of carbonyl (C=O) groups excluding carboxylic acids is 1. The summed E-state index contributed by atoms with van der Waals surface area (Å²) in [5.41, 5.74) is 1.49. The first-order chi connectivity index (χ1) is 11.7. The van der Waals surface area contributed by atoms with E-state index in [1.165, 1.54) is 0 Å². The fourth-order valence-electron chi connectivity index (χ4n) is 2.98. The topological polar surface area (TPSA) is 77.1 Å². The Labute approximate surface area is 138 Å². The first-order valence-electron chi connectivity index (χ1n) is 7.87. The lowest BCUT2D eigenvalue weighted by atomic mass is 10.1. The van der Waals surface area contributed by atoms with Crippen LogP contribution in [0.2, 0.25) is 0 Å². The average molecular weight is 323 g/mol. The lowest BCUT2D eigenvalue weighted by Crippen LogP contribution is -2.28. The summed E-state index contributed by atoms with van der Waals surface area (Å²) in [6.45, 7) is 1.29. The molecule has 2 aromatic heterocycles. The van der Waals surface area contributed by atoms with Crippen LogP contribution in [0.25, 0.3) is 11.6 Å². The van der Waals surface area contributed by atoms with Gasteiger partial charge in [0, 0.05) is 25.7 Å². The van der Waals surface area contributed by atoms with Gasteiger partial charge in [-0.05, 0) is 18.6 Å². The Bertz CT molecular complexity index is 855. The number of likely N-dealkylation sites (tertiary alicyclic amines) is 1. The van der Waals surface area contributed by atoms with Gasteiger partial charge in [0.1, 0.15) is 5.69 Å². The second-order valence-electron chi connectivity index (χ2n) is 5.94. The van der Waals surface area contributed by atoms with Gasteiger partial charge in [-0.1, -0.05) is 18.2 Å². The van der Waals surface area contributed by atoms with Crippen LogP contribution >= 0.6 is 0 Å². The van der Waals surface area contributed by atoms with Crippen LogP contribution in [0.1, 0.15) is 28.6 Å². The molecule has 3 heterocycles. The maximum atomic E-state index is 12.5. The molecule has 122 valence electrons. The number of benzene rings is 1. The highest BCUT2D eigenvalue weighted by Gasteiger charge is 2.31. The molecule has 0 saturated carbocycles. The minimum Gasteiger partial charge on any atom is -0.419 e. The van der Waals surface area contributed by atoms with E-state index in [2.05, 4.69) is 15.2 Å². The van der Waals surface area contributed by atoms with Crippen molar-refractivity contribution in [3.63, 3.8) is 0 Å². The summed E-state index contributed by atoms with van der Waals surface area (Å²) in [5.74, 6) is 1.16. The maximum absolute atomic E-state index is 12.5. The van der Waals surface area contributed by atoms with Crippen LogP contribution in [0.3, 0.4) is 0 Å². The average Bonchev–Trinajstić information content (AvgIpc) is 3.34. The molecule has 1 amide bonds. The quantitative estimate of drug-likeness (QED) is 0.737. The standard InChI is InChI=1S/C17H17N5O2/c1-21-11-18-9-14(21)16-20-19-15(24-16)13-7-8-22(10-13)17(23)12-5-3-2-4-6-12/h2-6,9,11,13H,7-8,10H2,1H3/t13-/m0/s1. The molecule has 1 atom stereocenters. The lowest BCUT2D eigenvalue weighted by Gasteiger charge is -2.15. The number of carbonyl (C=O) groups is 1. The zero-order valence-corrected chi connectivity index (χ0v) is 13.3. The number of nitrogens with zero attached hydrogens (tertiary/aromatic N) is 5. The maximum Gasteiger partial charge on any atom is 0.265 e. The van der Waals surface area contributed by atoms with Gasteiger partial charge in [-0.2, -0.15) is 0 Å². The number of hydrogen-bond acceptors (Lipinski definition) is 5. The molecule has 0 unspecified atom stereocenters. The van der Waals surface area contributed by atoms with E-state index in [-0.39, 0.29) is 11.8 Å². The van der Waals surface area contributed by atoms with Gasteiger partial charge in [-0.15, -0.1) is 10.2 Å². The van der Waals surface area contributed by atoms with Crippen molar-refractivity contribution in [2.24, 2.45) is 7.05 Å². The highest BCUT2D eigenvalue weighted by Crippen LogP contribution is 2.29. The normalized spacial score (nSPS) is 17.4. The van der Waals surface area contributed by atoms with Crippen LogP contribution in [0, 0.1) is 0 Å². The summed E-state index contributed by atoms with van der Waals surface area (Å²) in [6.07, 6.45) is 4.21. The van der Waals surface area contributed by atoms with Gasteiger partial charge in [0.05, 0.1) is 18.4 Å². The summed E-state index contributed by atoms with van der Waals surface area (Å²) in [5, 5.41) is 8.28. The second kappa shape index (κ2) is 5.92. The Morgan fingerprint density at radius 1 is 1.25 bits per heavy atom. The van der Waals surface area contributed by atoms with E-state index in [4.69, 9.17) is 4.42 Å². The summed E-state index contributed by atoms with van der Waals surface area (Å²) in [6, 6.07) is 9.33. The molecule has 1 aromatic carbocycles. The smallest absolute Gasteiger partial charge is 0.265 e. The Kier molecular flexibility index (Phi) is 3.60. The zero-order chi connectivity index (χ0) is 16.5.